The molecule has 1 amide bonds. The molecule has 0 radical (unpaired) electrons. The molecule has 1 saturated heterocycles. The van der Waals surface area contributed by atoms with Crippen molar-refractivity contribution >= 4 is 57.0 Å². The van der Waals surface area contributed by atoms with Crippen LogP contribution in [0.1, 0.15) is 42.6 Å². The van der Waals surface area contributed by atoms with Crippen LogP contribution >= 0.6 is 23.2 Å². The number of methoxy groups -OCH3 is 1. The number of hydrogen-bond acceptors (Lipinski definition) is 4. The van der Waals surface area contributed by atoms with Gasteiger partial charge in [-0.2, -0.15) is 0 Å². The van der Waals surface area contributed by atoms with Crippen molar-refractivity contribution in [2.24, 2.45) is 5.92 Å². The van der Waals surface area contributed by atoms with Crippen LogP contribution in [0.4, 0.5) is 13.2 Å². The van der Waals surface area contributed by atoms with Crippen LogP contribution in [0, 0.1) is 5.92 Å². The molecule has 0 unspecified atom stereocenters. The van der Waals surface area contributed by atoms with Crippen LogP contribution in [0.2, 0.25) is 10.0 Å². The summed E-state index contributed by atoms with van der Waals surface area (Å²) in [7, 11) is 1.34. The molecule has 0 spiro atoms. The van der Waals surface area contributed by atoms with E-state index in [1.54, 1.807) is 34.7 Å². The Morgan fingerprint density at radius 1 is 1.18 bits per heavy atom. The van der Waals surface area contributed by atoms with Gasteiger partial charge in [0.25, 0.3) is 0 Å². The second kappa shape index (κ2) is 10.6. The van der Waals surface area contributed by atoms with Crippen molar-refractivity contribution in [1.29, 1.82) is 0 Å². The Balaban J connectivity index is 1.81. The first-order valence-corrected chi connectivity index (χ1v) is 16.0. The minimum absolute atomic E-state index is 0.186. The molecule has 0 N–H and O–H groups in total. The number of carbonyl (C=O) groups is 2. The van der Waals surface area contributed by atoms with E-state index in [-0.39, 0.29) is 34.8 Å². The van der Waals surface area contributed by atoms with Crippen LogP contribution in [0.15, 0.2) is 30.4 Å². The van der Waals surface area contributed by atoms with Gasteiger partial charge in [-0.25, -0.2) is 0 Å². The summed E-state index contributed by atoms with van der Waals surface area (Å²) >= 11 is 9.42. The standard InChI is InChI=1S/C21H23Cl2NO3.CF3O.In/c1-5-14(13(2)3)12-17-18(22)7-6-16(19(17)23)20(25)24-10-8-15(9-11-24)21(26)27-4;2-1(3,4)5;/h2,6-7,15H,8-12H2,1,3-4H3;;/q;-1;+1. The van der Waals surface area contributed by atoms with Gasteiger partial charge in [0.2, 0.25) is 0 Å². The van der Waals surface area contributed by atoms with Gasteiger partial charge in [-0.1, -0.05) is 0 Å². The number of piperidine rings is 1. The fourth-order valence-corrected chi connectivity index (χ4v) is 10.8. The van der Waals surface area contributed by atoms with E-state index in [1.807, 2.05) is 0 Å². The molecule has 2 heterocycles. The van der Waals surface area contributed by atoms with E-state index < -0.39 is 28.2 Å². The van der Waals surface area contributed by atoms with Gasteiger partial charge in [0.15, 0.2) is 0 Å². The Morgan fingerprint density at radius 3 is 2.39 bits per heavy atom. The molecule has 2 aliphatic heterocycles. The molecule has 3 rings (SSSR count). The predicted octanol–water partition coefficient (Wildman–Crippen LogP) is 5.44. The molecule has 5 nitrogen and oxygen atoms in total. The third kappa shape index (κ3) is 6.10. The Hall–Kier alpha value is -1.16. The summed E-state index contributed by atoms with van der Waals surface area (Å²) in [5.41, 5.74) is 2.23. The van der Waals surface area contributed by atoms with E-state index in [4.69, 9.17) is 27.9 Å². The molecule has 0 saturated carbocycles. The van der Waals surface area contributed by atoms with Crippen molar-refractivity contribution in [3.8, 4) is 0 Å². The molecule has 0 atom stereocenters. The number of benzene rings is 1. The second-order valence-corrected chi connectivity index (χ2v) is 15.4. The van der Waals surface area contributed by atoms with Crippen LogP contribution in [0.3, 0.4) is 0 Å². The number of esters is 1. The quantitative estimate of drug-likeness (QED) is 0.418. The number of carbonyl (C=O) groups excluding carboxylic acids is 2. The molecule has 2 aliphatic rings. The average Bonchev–Trinajstić information content (AvgIpc) is 3.01. The maximum absolute atomic E-state index is 13.1. The molecule has 1 aromatic rings. The molecule has 0 bridgehead atoms. The number of nitrogens with zero attached hydrogens (tertiary/aromatic N) is 1. The molecule has 0 aromatic heterocycles. The zero-order valence-corrected chi connectivity index (χ0v) is 23.2. The second-order valence-electron chi connectivity index (χ2n) is 8.15. The van der Waals surface area contributed by atoms with Crippen molar-refractivity contribution in [1.82, 2.24) is 4.90 Å². The fourth-order valence-electron chi connectivity index (χ4n) is 4.24. The van der Waals surface area contributed by atoms with E-state index in [2.05, 4.69) is 2.85 Å². The van der Waals surface area contributed by atoms with E-state index in [1.165, 1.54) is 7.11 Å². The molecule has 33 heavy (non-hydrogen) atoms. The number of hydrogen-bond donors (Lipinski definition) is 0. The first-order valence-electron chi connectivity index (χ1n) is 10.4. The molecule has 11 heteroatoms. The van der Waals surface area contributed by atoms with Gasteiger partial charge in [0, 0.05) is 0 Å². The zero-order chi connectivity index (χ0) is 24.5. The van der Waals surface area contributed by atoms with Gasteiger partial charge in [-0.15, -0.1) is 0 Å². The number of allylic oxidation sites excluding steroid dienone is 3. The van der Waals surface area contributed by atoms with Gasteiger partial charge < -0.3 is 4.74 Å². The van der Waals surface area contributed by atoms with E-state index in [0.717, 1.165) is 11.1 Å². The van der Waals surface area contributed by atoms with Crippen LogP contribution in [-0.2, 0) is 18.8 Å². The van der Waals surface area contributed by atoms with Gasteiger partial charge in [0.05, 0.1) is 7.11 Å². The zero-order valence-electron chi connectivity index (χ0n) is 18.4. The van der Waals surface area contributed by atoms with Crippen LogP contribution in [0.25, 0.3) is 0 Å². The summed E-state index contributed by atoms with van der Waals surface area (Å²) in [6, 6.07) is 3.13. The van der Waals surface area contributed by atoms with Crippen molar-refractivity contribution in [2.45, 2.75) is 39.5 Å². The maximum atomic E-state index is 13.1. The number of ether oxygens (including phenoxy) is 1. The average molecular weight is 608 g/mol. The van der Waals surface area contributed by atoms with Crippen LogP contribution in [0.5, 0.6) is 0 Å². The summed E-state index contributed by atoms with van der Waals surface area (Å²) in [5, 5.41) is 0.524. The number of amides is 1. The van der Waals surface area contributed by atoms with Gasteiger partial charge >= 0.3 is 193 Å². The topological polar surface area (TPSA) is 55.8 Å². The number of rotatable bonds is 5. The van der Waals surface area contributed by atoms with Crippen LogP contribution in [-0.4, -0.2) is 65.2 Å². The third-order valence-electron chi connectivity index (χ3n) is 6.13. The Morgan fingerprint density at radius 2 is 1.82 bits per heavy atom. The van der Waals surface area contributed by atoms with Crippen molar-refractivity contribution in [3.63, 3.8) is 0 Å². The number of halogens is 5. The van der Waals surface area contributed by atoms with E-state index in [0.29, 0.717) is 39.8 Å². The summed E-state index contributed by atoms with van der Waals surface area (Å²) in [6.45, 7) is 4.20. The Kier molecular flexibility index (Phi) is 8.51. The first-order chi connectivity index (χ1) is 15.4. The molecule has 1 aromatic carbocycles. The molecular formula is C22H23Cl2F3InNO4. The number of alkyl halides is 3. The van der Waals surface area contributed by atoms with E-state index >= 15 is 0 Å². The molecule has 1 fully saturated rings. The summed E-state index contributed by atoms with van der Waals surface area (Å²) in [4.78, 5) is 26.5. The van der Waals surface area contributed by atoms with Crippen LogP contribution < -0.4 is 0 Å². The molecule has 178 valence electrons. The monoisotopic (exact) mass is 607 g/mol. The predicted molar refractivity (Wildman–Crippen MR) is 120 cm³/mol. The van der Waals surface area contributed by atoms with Gasteiger partial charge in [-0.3, -0.25) is 4.79 Å². The minimum atomic E-state index is -4.67. The molecule has 0 aliphatic carbocycles. The van der Waals surface area contributed by atoms with Crippen molar-refractivity contribution < 1.29 is 30.4 Å². The summed E-state index contributed by atoms with van der Waals surface area (Å²) < 4.78 is 49.7. The van der Waals surface area contributed by atoms with Crippen molar-refractivity contribution in [2.75, 3.05) is 20.2 Å². The van der Waals surface area contributed by atoms with E-state index in [9.17, 15) is 22.8 Å². The van der Waals surface area contributed by atoms with Crippen molar-refractivity contribution in [3.05, 3.63) is 51.6 Å². The van der Waals surface area contributed by atoms with Gasteiger partial charge in [0.1, 0.15) is 0 Å². The molecular weight excluding hydrogens is 585 g/mol. The Labute approximate surface area is 208 Å². The SMILES string of the molecule is COC(=O)C1CCN(C(=O)c2ccc(Cl)c(CC3=[C](C)[In]([O]C(F)(F)F)[CH]=C3C)c2Cl)CC1. The Bertz CT molecular complexity index is 1020. The summed E-state index contributed by atoms with van der Waals surface area (Å²) in [6.07, 6.45) is -3.45. The summed E-state index contributed by atoms with van der Waals surface area (Å²) in [5.74, 6) is -0.792. The normalized spacial score (nSPS) is 17.5. The van der Waals surface area contributed by atoms with Gasteiger partial charge in [-0.05, 0) is 0 Å². The third-order valence-corrected chi connectivity index (χ3v) is 14.1. The first kappa shape index (κ1) is 26.4. The number of likely N-dealkylation sites (tertiary alicyclic amines) is 1. The fraction of sp³-hybridized carbons (Fsp3) is 0.455.